The second-order valence-corrected chi connectivity index (χ2v) is 6.73. The van der Waals surface area contributed by atoms with Crippen molar-refractivity contribution in [1.29, 1.82) is 0 Å². The lowest BCUT2D eigenvalue weighted by atomic mass is 10.2. The lowest BCUT2D eigenvalue weighted by molar-refractivity contribution is -0.115. The van der Waals surface area contributed by atoms with E-state index in [2.05, 4.69) is 10.3 Å². The molecule has 0 bridgehead atoms. The first-order chi connectivity index (χ1) is 11.5. The van der Waals surface area contributed by atoms with Gasteiger partial charge in [-0.3, -0.25) is 4.79 Å². The van der Waals surface area contributed by atoms with Crippen molar-refractivity contribution in [3.8, 4) is 5.75 Å². The predicted molar refractivity (Wildman–Crippen MR) is 100 cm³/mol. The van der Waals surface area contributed by atoms with Crippen molar-refractivity contribution < 1.29 is 9.53 Å². The van der Waals surface area contributed by atoms with Gasteiger partial charge in [0.2, 0.25) is 0 Å². The van der Waals surface area contributed by atoms with Gasteiger partial charge in [0, 0.05) is 5.02 Å². The van der Waals surface area contributed by atoms with Crippen molar-refractivity contribution in [1.82, 2.24) is 5.32 Å². The molecule has 7 heteroatoms. The lowest BCUT2D eigenvalue weighted by Gasteiger charge is -2.00. The fourth-order valence-electron chi connectivity index (χ4n) is 2.04. The van der Waals surface area contributed by atoms with Crippen molar-refractivity contribution in [2.45, 2.75) is 0 Å². The minimum absolute atomic E-state index is 0.209. The van der Waals surface area contributed by atoms with Crippen LogP contribution in [-0.4, -0.2) is 18.2 Å². The van der Waals surface area contributed by atoms with Crippen LogP contribution in [0, 0.1) is 0 Å². The molecule has 1 saturated heterocycles. The third-order valence-electron chi connectivity index (χ3n) is 3.17. The summed E-state index contributed by atoms with van der Waals surface area (Å²) in [6.07, 6.45) is 1.78. The molecule has 1 aliphatic heterocycles. The van der Waals surface area contributed by atoms with E-state index in [1.54, 1.807) is 31.4 Å². The van der Waals surface area contributed by atoms with Crippen molar-refractivity contribution in [2.24, 2.45) is 4.99 Å². The standard InChI is InChI=1S/C17H12Cl2N2O2S/c1-23-12-4-2-3-10(7-12)8-15-16(22)21-17(24-15)20-14-9-11(18)5-6-13(14)19/h2-9H,1H3,(H,20,21,22)/b15-8+. The number of thioether (sulfide) groups is 1. The first kappa shape index (κ1) is 16.9. The zero-order valence-corrected chi connectivity index (χ0v) is 14.9. The molecule has 1 heterocycles. The largest absolute Gasteiger partial charge is 0.497 e. The van der Waals surface area contributed by atoms with Crippen molar-refractivity contribution in [3.05, 3.63) is 63.0 Å². The van der Waals surface area contributed by atoms with Crippen LogP contribution in [0.5, 0.6) is 5.75 Å². The zero-order valence-electron chi connectivity index (χ0n) is 12.5. The number of hydrogen-bond donors (Lipinski definition) is 1. The predicted octanol–water partition coefficient (Wildman–Crippen LogP) is 4.89. The third kappa shape index (κ3) is 3.93. The maximum absolute atomic E-state index is 12.1. The number of carbonyl (C=O) groups excluding carboxylic acids is 1. The first-order valence-corrected chi connectivity index (χ1v) is 8.51. The molecule has 1 aliphatic rings. The van der Waals surface area contributed by atoms with E-state index in [0.717, 1.165) is 11.3 Å². The van der Waals surface area contributed by atoms with E-state index in [1.807, 2.05) is 24.3 Å². The molecule has 0 aromatic heterocycles. The van der Waals surface area contributed by atoms with E-state index in [1.165, 1.54) is 11.8 Å². The fraction of sp³-hybridized carbons (Fsp3) is 0.0588. The molecule has 0 atom stereocenters. The van der Waals surface area contributed by atoms with Gasteiger partial charge in [0.25, 0.3) is 5.91 Å². The normalized spacial score (nSPS) is 17.4. The molecule has 0 aliphatic carbocycles. The minimum atomic E-state index is -0.209. The summed E-state index contributed by atoms with van der Waals surface area (Å²) in [5.41, 5.74) is 1.38. The van der Waals surface area contributed by atoms with Crippen molar-refractivity contribution in [2.75, 3.05) is 7.11 Å². The van der Waals surface area contributed by atoms with Crippen LogP contribution in [-0.2, 0) is 4.79 Å². The number of amides is 1. The Bertz CT molecular complexity index is 865. The van der Waals surface area contributed by atoms with E-state index in [0.29, 0.717) is 25.8 Å². The second kappa shape index (κ2) is 7.30. The van der Waals surface area contributed by atoms with Crippen LogP contribution in [0.25, 0.3) is 6.08 Å². The summed E-state index contributed by atoms with van der Waals surface area (Å²) in [5.74, 6) is 0.520. The monoisotopic (exact) mass is 378 g/mol. The highest BCUT2D eigenvalue weighted by molar-refractivity contribution is 8.18. The first-order valence-electron chi connectivity index (χ1n) is 6.94. The summed E-state index contributed by atoms with van der Waals surface area (Å²) in [5, 5.41) is 4.17. The molecule has 3 rings (SSSR count). The van der Waals surface area contributed by atoms with Crippen LogP contribution in [0.4, 0.5) is 5.69 Å². The number of rotatable bonds is 3. The van der Waals surface area contributed by atoms with E-state index >= 15 is 0 Å². The Morgan fingerprint density at radius 2 is 2.04 bits per heavy atom. The number of nitrogens with one attached hydrogen (secondary N) is 1. The van der Waals surface area contributed by atoms with Gasteiger partial charge in [-0.25, -0.2) is 4.99 Å². The van der Waals surface area contributed by atoms with Gasteiger partial charge in [-0.1, -0.05) is 35.3 Å². The minimum Gasteiger partial charge on any atom is -0.497 e. The molecule has 1 fully saturated rings. The van der Waals surface area contributed by atoms with Gasteiger partial charge in [-0.15, -0.1) is 0 Å². The highest BCUT2D eigenvalue weighted by atomic mass is 35.5. The SMILES string of the molecule is COc1cccc(/C=C2/SC(=Nc3cc(Cl)ccc3Cl)NC2=O)c1. The van der Waals surface area contributed by atoms with E-state index in [-0.39, 0.29) is 5.91 Å². The van der Waals surface area contributed by atoms with Crippen LogP contribution in [0.1, 0.15) is 5.56 Å². The van der Waals surface area contributed by atoms with Gasteiger partial charge in [0.05, 0.1) is 22.7 Å². The highest BCUT2D eigenvalue weighted by Crippen LogP contribution is 2.32. The number of ether oxygens (including phenoxy) is 1. The summed E-state index contributed by atoms with van der Waals surface area (Å²) in [7, 11) is 1.60. The number of hydrogen-bond acceptors (Lipinski definition) is 4. The molecule has 2 aromatic rings. The molecule has 0 spiro atoms. The van der Waals surface area contributed by atoms with Gasteiger partial charge < -0.3 is 10.1 Å². The Morgan fingerprint density at radius 1 is 1.21 bits per heavy atom. The van der Waals surface area contributed by atoms with Gasteiger partial charge in [-0.05, 0) is 53.7 Å². The van der Waals surface area contributed by atoms with Gasteiger partial charge in [0.1, 0.15) is 5.75 Å². The maximum atomic E-state index is 12.1. The molecule has 4 nitrogen and oxygen atoms in total. The highest BCUT2D eigenvalue weighted by Gasteiger charge is 2.24. The lowest BCUT2D eigenvalue weighted by Crippen LogP contribution is -2.19. The number of halogens is 2. The second-order valence-electron chi connectivity index (χ2n) is 4.85. The van der Waals surface area contributed by atoms with Crippen LogP contribution < -0.4 is 10.1 Å². The Labute approximate surface area is 153 Å². The summed E-state index contributed by atoms with van der Waals surface area (Å²) < 4.78 is 5.18. The van der Waals surface area contributed by atoms with Crippen LogP contribution in [0.2, 0.25) is 10.0 Å². The average molecular weight is 379 g/mol. The number of amidine groups is 1. The molecule has 2 aromatic carbocycles. The molecule has 1 amide bonds. The average Bonchev–Trinajstić information content (AvgIpc) is 2.90. The number of benzene rings is 2. The Hall–Kier alpha value is -1.95. The molecular weight excluding hydrogens is 367 g/mol. The maximum Gasteiger partial charge on any atom is 0.264 e. The topological polar surface area (TPSA) is 50.7 Å². The summed E-state index contributed by atoms with van der Waals surface area (Å²) in [6, 6.07) is 12.4. The van der Waals surface area contributed by atoms with Crippen molar-refractivity contribution in [3.63, 3.8) is 0 Å². The van der Waals surface area contributed by atoms with Crippen molar-refractivity contribution >= 4 is 57.8 Å². The molecule has 0 radical (unpaired) electrons. The molecular formula is C17H12Cl2N2O2S. The molecule has 0 saturated carbocycles. The van der Waals surface area contributed by atoms with E-state index in [9.17, 15) is 4.79 Å². The zero-order chi connectivity index (χ0) is 17.1. The number of aliphatic imine (C=N–C) groups is 1. The molecule has 24 heavy (non-hydrogen) atoms. The van der Waals surface area contributed by atoms with E-state index in [4.69, 9.17) is 27.9 Å². The molecule has 0 unspecified atom stereocenters. The molecule has 1 N–H and O–H groups in total. The Kier molecular flexibility index (Phi) is 5.14. The summed E-state index contributed by atoms with van der Waals surface area (Å²) in [6.45, 7) is 0. The quantitative estimate of drug-likeness (QED) is 0.773. The van der Waals surface area contributed by atoms with Gasteiger partial charge in [0.15, 0.2) is 5.17 Å². The summed E-state index contributed by atoms with van der Waals surface area (Å²) >= 11 is 13.3. The van der Waals surface area contributed by atoms with E-state index < -0.39 is 0 Å². The van der Waals surface area contributed by atoms with Crippen LogP contribution >= 0.6 is 35.0 Å². The number of methoxy groups -OCH3 is 1. The fourth-order valence-corrected chi connectivity index (χ4v) is 3.21. The Morgan fingerprint density at radius 3 is 2.83 bits per heavy atom. The smallest absolute Gasteiger partial charge is 0.264 e. The van der Waals surface area contributed by atoms with Gasteiger partial charge >= 0.3 is 0 Å². The third-order valence-corrected chi connectivity index (χ3v) is 4.64. The summed E-state index contributed by atoms with van der Waals surface area (Å²) in [4.78, 5) is 17.0. The molecule has 122 valence electrons. The van der Waals surface area contributed by atoms with Crippen LogP contribution in [0.15, 0.2) is 52.4 Å². The Balaban J connectivity index is 1.86. The number of nitrogens with zero attached hydrogens (tertiary/aromatic N) is 1. The van der Waals surface area contributed by atoms with Gasteiger partial charge in [-0.2, -0.15) is 0 Å². The van der Waals surface area contributed by atoms with Crippen LogP contribution in [0.3, 0.4) is 0 Å². The number of carbonyl (C=O) groups is 1.